The predicted molar refractivity (Wildman–Crippen MR) is 192 cm³/mol. The van der Waals surface area contributed by atoms with Crippen molar-refractivity contribution in [3.05, 3.63) is 22.8 Å². The summed E-state index contributed by atoms with van der Waals surface area (Å²) in [6, 6.07) is 2.01. The second kappa shape index (κ2) is 17.2. The summed E-state index contributed by atoms with van der Waals surface area (Å²) in [6.45, 7) is 22.9. The molecule has 0 N–H and O–H groups in total. The number of ether oxygens (including phenoxy) is 3. The summed E-state index contributed by atoms with van der Waals surface area (Å²) in [4.78, 5) is 14.6. The standard InChI is InChI=1S/C36H61BClN3O6/c1-12-15-19-31(43-11)41-30-22-29(38)27(32(28(30)23-39-41)37-46-35(7,8)36(9,10)47-37)18-16-17-21-44-25-26(14-3)24-40(20-13-2)33(42)45-34(4,5)6/h22-23,26,31H,12-21,24-25H2,1-11H3. The van der Waals surface area contributed by atoms with Gasteiger partial charge in [0, 0.05) is 37.2 Å². The Morgan fingerprint density at radius 3 is 2.34 bits per heavy atom. The van der Waals surface area contributed by atoms with Gasteiger partial charge in [0.25, 0.3) is 0 Å². The summed E-state index contributed by atoms with van der Waals surface area (Å²) in [5.74, 6) is 0.241. The van der Waals surface area contributed by atoms with E-state index >= 15 is 0 Å². The van der Waals surface area contributed by atoms with Gasteiger partial charge >= 0.3 is 13.2 Å². The summed E-state index contributed by atoms with van der Waals surface area (Å²) in [7, 11) is 1.16. The van der Waals surface area contributed by atoms with Crippen LogP contribution in [0.3, 0.4) is 0 Å². The zero-order chi connectivity index (χ0) is 35.0. The number of carbonyl (C=O) groups is 1. The first-order valence-electron chi connectivity index (χ1n) is 17.7. The van der Waals surface area contributed by atoms with Crippen LogP contribution in [0.25, 0.3) is 10.9 Å². The highest BCUT2D eigenvalue weighted by Gasteiger charge is 2.53. The molecule has 2 heterocycles. The largest absolute Gasteiger partial charge is 0.495 e. The number of benzene rings is 1. The van der Waals surface area contributed by atoms with Crippen LogP contribution in [0, 0.1) is 5.92 Å². The SMILES string of the molecule is CCCCC(OC)n1ncc2c(B3OC(C)(C)C(C)(C)O3)c(CCCCOCC(CC)CN(CCC)C(=O)OC(C)(C)C)c(Cl)cc21. The Morgan fingerprint density at radius 1 is 1.09 bits per heavy atom. The first kappa shape index (κ1) is 39.6. The van der Waals surface area contributed by atoms with Gasteiger partial charge in [-0.05, 0) is 116 Å². The van der Waals surface area contributed by atoms with Crippen molar-refractivity contribution in [3.63, 3.8) is 0 Å². The fourth-order valence-corrected chi connectivity index (χ4v) is 6.17. The number of rotatable bonds is 18. The molecule has 0 radical (unpaired) electrons. The van der Waals surface area contributed by atoms with E-state index in [1.54, 1.807) is 7.11 Å². The fraction of sp³-hybridized carbons (Fsp3) is 0.778. The van der Waals surface area contributed by atoms with Crippen molar-refractivity contribution in [2.45, 2.75) is 144 Å². The molecule has 0 saturated carbocycles. The first-order chi connectivity index (χ1) is 22.1. The van der Waals surface area contributed by atoms with Crippen LogP contribution in [0.4, 0.5) is 4.79 Å². The molecule has 0 spiro atoms. The van der Waals surface area contributed by atoms with Crippen LogP contribution in [-0.2, 0) is 29.9 Å². The third-order valence-electron chi connectivity index (χ3n) is 9.36. The minimum Gasteiger partial charge on any atom is -0.444 e. The average molecular weight is 678 g/mol. The fourth-order valence-electron chi connectivity index (χ4n) is 5.87. The van der Waals surface area contributed by atoms with Crippen LogP contribution in [0.2, 0.25) is 5.02 Å². The third kappa shape index (κ3) is 10.3. The maximum atomic E-state index is 12.8. The van der Waals surface area contributed by atoms with E-state index in [2.05, 4.69) is 48.5 Å². The van der Waals surface area contributed by atoms with E-state index in [0.29, 0.717) is 31.3 Å². The first-order valence-corrected chi connectivity index (χ1v) is 18.1. The smallest absolute Gasteiger partial charge is 0.444 e. The normalized spacial score (nSPS) is 17.3. The molecular weight excluding hydrogens is 617 g/mol. The van der Waals surface area contributed by atoms with Crippen LogP contribution in [0.5, 0.6) is 0 Å². The lowest BCUT2D eigenvalue weighted by molar-refractivity contribution is 0.00578. The molecule has 47 heavy (non-hydrogen) atoms. The number of methoxy groups -OCH3 is 1. The van der Waals surface area contributed by atoms with Crippen LogP contribution < -0.4 is 5.46 Å². The zero-order valence-electron chi connectivity index (χ0n) is 31.0. The topological polar surface area (TPSA) is 84.3 Å². The molecule has 0 aliphatic carbocycles. The van der Waals surface area contributed by atoms with E-state index in [1.807, 2.05) is 42.6 Å². The Morgan fingerprint density at radius 2 is 1.77 bits per heavy atom. The molecule has 2 atom stereocenters. The minimum absolute atomic E-state index is 0.178. The van der Waals surface area contributed by atoms with Gasteiger partial charge in [-0.2, -0.15) is 5.10 Å². The monoisotopic (exact) mass is 677 g/mol. The quantitative estimate of drug-likeness (QED) is 0.116. The van der Waals surface area contributed by atoms with Gasteiger partial charge < -0.3 is 28.4 Å². The molecule has 1 amide bonds. The van der Waals surface area contributed by atoms with E-state index in [0.717, 1.165) is 73.3 Å². The number of aromatic nitrogens is 2. The summed E-state index contributed by atoms with van der Waals surface area (Å²) in [6.07, 6.45) is 8.78. The van der Waals surface area contributed by atoms with Crippen LogP contribution in [0.1, 0.15) is 126 Å². The average Bonchev–Trinajstić information content (AvgIpc) is 3.48. The number of hydrogen-bond acceptors (Lipinski definition) is 7. The number of unbranched alkanes of at least 4 members (excludes halogenated alkanes) is 2. The lowest BCUT2D eigenvalue weighted by Gasteiger charge is -2.32. The van der Waals surface area contributed by atoms with Gasteiger partial charge in [-0.15, -0.1) is 0 Å². The van der Waals surface area contributed by atoms with Gasteiger partial charge in [0.2, 0.25) is 0 Å². The summed E-state index contributed by atoms with van der Waals surface area (Å²) >= 11 is 7.08. The molecule has 1 aromatic carbocycles. The Bertz CT molecular complexity index is 1280. The number of amides is 1. The molecule has 1 aliphatic rings. The molecule has 9 nitrogen and oxygen atoms in total. The highest BCUT2D eigenvalue weighted by molar-refractivity contribution is 6.66. The number of fused-ring (bicyclic) bond motifs is 1. The molecule has 1 aliphatic heterocycles. The van der Waals surface area contributed by atoms with Crippen molar-refractivity contribution in [2.75, 3.05) is 33.4 Å². The zero-order valence-corrected chi connectivity index (χ0v) is 31.8. The predicted octanol–water partition coefficient (Wildman–Crippen LogP) is 8.34. The van der Waals surface area contributed by atoms with Gasteiger partial charge in [-0.3, -0.25) is 0 Å². The second-order valence-electron chi connectivity index (χ2n) is 14.9. The highest BCUT2D eigenvalue weighted by atomic mass is 35.5. The molecular formula is C36H61BClN3O6. The Balaban J connectivity index is 1.72. The minimum atomic E-state index is -0.567. The third-order valence-corrected chi connectivity index (χ3v) is 9.70. The van der Waals surface area contributed by atoms with Crippen LogP contribution >= 0.6 is 11.6 Å². The van der Waals surface area contributed by atoms with Gasteiger partial charge in [0.05, 0.1) is 29.5 Å². The molecule has 2 unspecified atom stereocenters. The molecule has 1 fully saturated rings. The van der Waals surface area contributed by atoms with Crippen molar-refractivity contribution < 1.29 is 28.3 Å². The van der Waals surface area contributed by atoms with Gasteiger partial charge in [0.15, 0.2) is 0 Å². The van der Waals surface area contributed by atoms with Crippen molar-refractivity contribution in [1.29, 1.82) is 0 Å². The van der Waals surface area contributed by atoms with Crippen molar-refractivity contribution in [1.82, 2.24) is 14.7 Å². The molecule has 3 rings (SSSR count). The summed E-state index contributed by atoms with van der Waals surface area (Å²) < 4.78 is 32.8. The van der Waals surface area contributed by atoms with Crippen molar-refractivity contribution in [2.24, 2.45) is 5.92 Å². The molecule has 0 bridgehead atoms. The summed E-state index contributed by atoms with van der Waals surface area (Å²) in [5, 5.41) is 6.44. The maximum Gasteiger partial charge on any atom is 0.495 e. The number of hydrogen-bond donors (Lipinski definition) is 0. The Labute approximate surface area is 289 Å². The molecule has 2 aromatic rings. The van der Waals surface area contributed by atoms with E-state index in [9.17, 15) is 4.79 Å². The molecule has 1 saturated heterocycles. The van der Waals surface area contributed by atoms with E-state index < -0.39 is 23.9 Å². The lowest BCUT2D eigenvalue weighted by Crippen LogP contribution is -2.41. The summed E-state index contributed by atoms with van der Waals surface area (Å²) in [5.41, 5.74) is 1.40. The van der Waals surface area contributed by atoms with E-state index in [4.69, 9.17) is 40.2 Å². The maximum absolute atomic E-state index is 12.8. The second-order valence-corrected chi connectivity index (χ2v) is 15.3. The van der Waals surface area contributed by atoms with Crippen LogP contribution in [0.15, 0.2) is 12.3 Å². The highest BCUT2D eigenvalue weighted by Crippen LogP contribution is 2.38. The number of carbonyl (C=O) groups excluding carboxylic acids is 1. The Hall–Kier alpha value is -1.85. The van der Waals surface area contributed by atoms with Crippen molar-refractivity contribution >= 4 is 41.2 Å². The Kier molecular flexibility index (Phi) is 14.5. The van der Waals surface area contributed by atoms with Gasteiger partial charge in [-0.25, -0.2) is 9.48 Å². The molecule has 1 aromatic heterocycles. The van der Waals surface area contributed by atoms with Crippen LogP contribution in [-0.4, -0.2) is 78.1 Å². The number of nitrogens with zero attached hydrogens (tertiary/aromatic N) is 3. The van der Waals surface area contributed by atoms with Gasteiger partial charge in [0.1, 0.15) is 11.8 Å². The van der Waals surface area contributed by atoms with E-state index in [1.165, 1.54) is 0 Å². The number of halogens is 1. The molecule has 266 valence electrons. The van der Waals surface area contributed by atoms with E-state index in [-0.39, 0.29) is 18.2 Å². The van der Waals surface area contributed by atoms with Gasteiger partial charge in [-0.1, -0.05) is 38.8 Å². The van der Waals surface area contributed by atoms with Crippen molar-refractivity contribution in [3.8, 4) is 0 Å². The lowest BCUT2D eigenvalue weighted by atomic mass is 9.73. The molecule has 11 heteroatoms.